The topological polar surface area (TPSA) is 49.5 Å². The van der Waals surface area contributed by atoms with Crippen LogP contribution in [0.5, 0.6) is 0 Å². The van der Waals surface area contributed by atoms with Crippen LogP contribution >= 0.6 is 0 Å². The molecule has 0 aliphatic rings. The van der Waals surface area contributed by atoms with E-state index in [1.54, 1.807) is 0 Å². The van der Waals surface area contributed by atoms with Crippen LogP contribution < -0.4 is 5.73 Å². The van der Waals surface area contributed by atoms with Crippen LogP contribution in [0.15, 0.2) is 0 Å². The molecule has 0 amide bonds. The van der Waals surface area contributed by atoms with Crippen LogP contribution in [0.4, 0.5) is 0 Å². The second kappa shape index (κ2) is 9.86. The summed E-state index contributed by atoms with van der Waals surface area (Å²) >= 11 is 0. The zero-order chi connectivity index (χ0) is 13.3. The Hall–Kier alpha value is -0.120. The molecule has 3 heteroatoms. The summed E-state index contributed by atoms with van der Waals surface area (Å²) in [7, 11) is 0. The van der Waals surface area contributed by atoms with E-state index in [4.69, 9.17) is 5.73 Å². The molecular formula is C14H32N2O. The van der Waals surface area contributed by atoms with Gasteiger partial charge in [0.2, 0.25) is 0 Å². The molecule has 17 heavy (non-hydrogen) atoms. The Morgan fingerprint density at radius 3 is 2.24 bits per heavy atom. The molecular weight excluding hydrogens is 212 g/mol. The smallest absolute Gasteiger partial charge is 0.0602 e. The monoisotopic (exact) mass is 244 g/mol. The highest BCUT2D eigenvalue weighted by atomic mass is 16.3. The van der Waals surface area contributed by atoms with Crippen molar-refractivity contribution in [3.8, 4) is 0 Å². The Morgan fingerprint density at radius 1 is 1.18 bits per heavy atom. The Labute approximate surface area is 107 Å². The van der Waals surface area contributed by atoms with E-state index in [0.29, 0.717) is 6.04 Å². The van der Waals surface area contributed by atoms with Gasteiger partial charge in [-0.3, -0.25) is 4.90 Å². The summed E-state index contributed by atoms with van der Waals surface area (Å²) in [6.07, 6.45) is 5.55. The van der Waals surface area contributed by atoms with Crippen LogP contribution in [0, 0.1) is 0 Å². The predicted octanol–water partition coefficient (Wildman–Crippen LogP) is 2.38. The third kappa shape index (κ3) is 5.84. The number of aliphatic hydroxyl groups excluding tert-OH is 1. The quantitative estimate of drug-likeness (QED) is 0.620. The summed E-state index contributed by atoms with van der Waals surface area (Å²) in [5, 5.41) is 9.62. The molecule has 0 aromatic carbocycles. The molecule has 0 aromatic rings. The first-order valence-corrected chi connectivity index (χ1v) is 7.24. The van der Waals surface area contributed by atoms with Crippen LogP contribution in [0.2, 0.25) is 0 Å². The maximum Gasteiger partial charge on any atom is 0.0602 e. The average molecular weight is 244 g/mol. The van der Waals surface area contributed by atoms with Crippen molar-refractivity contribution in [3.63, 3.8) is 0 Å². The molecule has 0 fully saturated rings. The minimum absolute atomic E-state index is 0.0934. The van der Waals surface area contributed by atoms with Gasteiger partial charge in [0.15, 0.2) is 0 Å². The van der Waals surface area contributed by atoms with Crippen molar-refractivity contribution in [3.05, 3.63) is 0 Å². The molecule has 104 valence electrons. The maximum atomic E-state index is 9.62. The van der Waals surface area contributed by atoms with Crippen LogP contribution in [-0.4, -0.2) is 41.3 Å². The summed E-state index contributed by atoms with van der Waals surface area (Å²) in [6.45, 7) is 10.0. The van der Waals surface area contributed by atoms with Gasteiger partial charge in [0.25, 0.3) is 0 Å². The number of hydrogen-bond donors (Lipinski definition) is 2. The first-order chi connectivity index (χ1) is 8.12. The van der Waals surface area contributed by atoms with E-state index in [1.807, 2.05) is 0 Å². The van der Waals surface area contributed by atoms with Crippen molar-refractivity contribution < 1.29 is 5.11 Å². The second-order valence-electron chi connectivity index (χ2n) is 5.05. The van der Waals surface area contributed by atoms with Gasteiger partial charge < -0.3 is 10.8 Å². The molecule has 0 heterocycles. The van der Waals surface area contributed by atoms with Gasteiger partial charge in [0.1, 0.15) is 0 Å². The number of nitrogens with zero attached hydrogens (tertiary/aromatic N) is 1. The lowest BCUT2D eigenvalue weighted by atomic mass is 10.0. The summed E-state index contributed by atoms with van der Waals surface area (Å²) in [5.74, 6) is 0. The Kier molecular flexibility index (Phi) is 9.79. The molecule has 0 rings (SSSR count). The van der Waals surface area contributed by atoms with Gasteiger partial charge in [0, 0.05) is 18.1 Å². The number of nitrogens with two attached hydrogens (primary N) is 1. The Morgan fingerprint density at radius 2 is 1.82 bits per heavy atom. The predicted molar refractivity (Wildman–Crippen MR) is 75.1 cm³/mol. The lowest BCUT2D eigenvalue weighted by molar-refractivity contribution is 0.0673. The molecule has 0 aromatic heterocycles. The molecule has 0 saturated carbocycles. The van der Waals surface area contributed by atoms with Gasteiger partial charge in [-0.1, -0.05) is 33.6 Å². The molecule has 0 aliphatic carbocycles. The molecule has 3 N–H and O–H groups in total. The van der Waals surface area contributed by atoms with Gasteiger partial charge in [0.05, 0.1) is 6.61 Å². The van der Waals surface area contributed by atoms with Gasteiger partial charge in [-0.2, -0.15) is 0 Å². The van der Waals surface area contributed by atoms with Crippen molar-refractivity contribution >= 4 is 0 Å². The van der Waals surface area contributed by atoms with Crippen molar-refractivity contribution in [2.24, 2.45) is 5.73 Å². The highest BCUT2D eigenvalue weighted by molar-refractivity contribution is 4.84. The van der Waals surface area contributed by atoms with E-state index in [2.05, 4.69) is 32.6 Å². The Balaban J connectivity index is 4.58. The fourth-order valence-corrected chi connectivity index (χ4v) is 2.30. The number of aliphatic hydroxyl groups is 1. The largest absolute Gasteiger partial charge is 0.395 e. The van der Waals surface area contributed by atoms with Gasteiger partial charge >= 0.3 is 0 Å². The lowest BCUT2D eigenvalue weighted by Crippen LogP contribution is -2.53. The highest BCUT2D eigenvalue weighted by Gasteiger charge is 2.26. The normalized spacial score (nSPS) is 17.1. The summed E-state index contributed by atoms with van der Waals surface area (Å²) in [4.78, 5) is 2.41. The molecule has 0 spiro atoms. The van der Waals surface area contributed by atoms with E-state index < -0.39 is 0 Å². The first kappa shape index (κ1) is 16.9. The molecule has 3 unspecified atom stereocenters. The highest BCUT2D eigenvalue weighted by Crippen LogP contribution is 2.15. The minimum Gasteiger partial charge on any atom is -0.395 e. The van der Waals surface area contributed by atoms with Gasteiger partial charge in [-0.05, 0) is 32.7 Å². The number of hydrogen-bond acceptors (Lipinski definition) is 3. The fraction of sp³-hybridized carbons (Fsp3) is 1.00. The van der Waals surface area contributed by atoms with Crippen molar-refractivity contribution in [1.29, 1.82) is 0 Å². The summed E-state index contributed by atoms with van der Waals surface area (Å²) in [6, 6.07) is 0.717. The Bertz CT molecular complexity index is 176. The summed E-state index contributed by atoms with van der Waals surface area (Å²) < 4.78 is 0. The SMILES string of the molecule is CCCCN(C(C)CC)C(CO)C(N)CCC. The van der Waals surface area contributed by atoms with Gasteiger partial charge in [-0.25, -0.2) is 0 Å². The number of rotatable bonds is 10. The van der Waals surface area contributed by atoms with Crippen molar-refractivity contribution in [1.82, 2.24) is 4.90 Å². The summed E-state index contributed by atoms with van der Waals surface area (Å²) in [5.41, 5.74) is 6.20. The molecule has 0 saturated heterocycles. The molecule has 3 atom stereocenters. The van der Waals surface area contributed by atoms with E-state index in [0.717, 1.165) is 25.8 Å². The average Bonchev–Trinajstić information content (AvgIpc) is 2.33. The minimum atomic E-state index is 0.0934. The lowest BCUT2D eigenvalue weighted by Gasteiger charge is -2.38. The van der Waals surface area contributed by atoms with Crippen LogP contribution in [0.1, 0.15) is 59.8 Å². The zero-order valence-corrected chi connectivity index (χ0v) is 12.2. The maximum absolute atomic E-state index is 9.62. The standard InChI is InChI=1S/C14H32N2O/c1-5-8-10-16(12(4)7-3)14(11-17)13(15)9-6-2/h12-14,17H,5-11,15H2,1-4H3. The number of unbranched alkanes of at least 4 members (excludes halogenated alkanes) is 1. The third-order valence-electron chi connectivity index (χ3n) is 3.66. The van der Waals surface area contributed by atoms with Gasteiger partial charge in [-0.15, -0.1) is 0 Å². The van der Waals surface area contributed by atoms with E-state index >= 15 is 0 Å². The second-order valence-corrected chi connectivity index (χ2v) is 5.05. The molecule has 3 nitrogen and oxygen atoms in total. The van der Waals surface area contributed by atoms with Crippen molar-refractivity contribution in [2.75, 3.05) is 13.2 Å². The third-order valence-corrected chi connectivity index (χ3v) is 3.66. The van der Waals surface area contributed by atoms with E-state index in [-0.39, 0.29) is 18.7 Å². The van der Waals surface area contributed by atoms with Crippen LogP contribution in [0.3, 0.4) is 0 Å². The molecule has 0 aliphatic heterocycles. The van der Waals surface area contributed by atoms with E-state index in [1.165, 1.54) is 12.8 Å². The zero-order valence-electron chi connectivity index (χ0n) is 12.2. The van der Waals surface area contributed by atoms with Crippen molar-refractivity contribution in [2.45, 2.75) is 77.9 Å². The molecule has 0 bridgehead atoms. The fourth-order valence-electron chi connectivity index (χ4n) is 2.30. The first-order valence-electron chi connectivity index (χ1n) is 7.24. The van der Waals surface area contributed by atoms with E-state index in [9.17, 15) is 5.11 Å². The van der Waals surface area contributed by atoms with Crippen LogP contribution in [0.25, 0.3) is 0 Å². The molecule has 0 radical (unpaired) electrons. The van der Waals surface area contributed by atoms with Crippen LogP contribution in [-0.2, 0) is 0 Å².